The van der Waals surface area contributed by atoms with E-state index in [9.17, 15) is 8.78 Å². The summed E-state index contributed by atoms with van der Waals surface area (Å²) in [6, 6.07) is 15.6. The van der Waals surface area contributed by atoms with Crippen LogP contribution in [0.3, 0.4) is 0 Å². The van der Waals surface area contributed by atoms with Gasteiger partial charge in [0.2, 0.25) is 0 Å². The first-order valence-corrected chi connectivity index (χ1v) is 9.59. The molecule has 136 valence electrons. The summed E-state index contributed by atoms with van der Waals surface area (Å²) < 4.78 is 28.1. The third-order valence-electron chi connectivity index (χ3n) is 4.71. The number of alkyl halides is 2. The van der Waals surface area contributed by atoms with Gasteiger partial charge in [0.25, 0.3) is 0 Å². The van der Waals surface area contributed by atoms with Crippen LogP contribution in [0.5, 0.6) is 0 Å². The molecule has 0 spiro atoms. The maximum atomic E-state index is 14.1. The second kappa shape index (κ2) is 10.3. The molecule has 2 heteroatoms. The van der Waals surface area contributed by atoms with Gasteiger partial charge in [-0.1, -0.05) is 88.1 Å². The molecule has 2 aromatic rings. The summed E-state index contributed by atoms with van der Waals surface area (Å²) in [5, 5.41) is 0. The fourth-order valence-electron chi connectivity index (χ4n) is 3.02. The Kier molecular flexibility index (Phi) is 8.11. The molecule has 0 bridgehead atoms. The van der Waals surface area contributed by atoms with Crippen LogP contribution < -0.4 is 0 Å². The second-order valence-corrected chi connectivity index (χ2v) is 6.88. The van der Waals surface area contributed by atoms with Crippen LogP contribution in [0.1, 0.15) is 87.0 Å². The zero-order valence-corrected chi connectivity index (χ0v) is 15.5. The van der Waals surface area contributed by atoms with Gasteiger partial charge in [-0.2, -0.15) is 0 Å². The Morgan fingerprint density at radius 3 is 1.32 bits per heavy atom. The molecule has 0 heterocycles. The van der Waals surface area contributed by atoms with Gasteiger partial charge in [0.1, 0.15) is 12.3 Å². The van der Waals surface area contributed by atoms with Crippen LogP contribution in [0.4, 0.5) is 8.78 Å². The van der Waals surface area contributed by atoms with E-state index in [1.165, 1.54) is 0 Å². The quantitative estimate of drug-likeness (QED) is 0.414. The summed E-state index contributed by atoms with van der Waals surface area (Å²) in [6.07, 6.45) is 4.14. The number of unbranched alkanes of at least 4 members (excludes halogenated alkanes) is 2. The summed E-state index contributed by atoms with van der Waals surface area (Å²) >= 11 is 0. The highest BCUT2D eigenvalue weighted by Crippen LogP contribution is 2.26. The van der Waals surface area contributed by atoms with E-state index in [1.807, 2.05) is 48.5 Å². The standard InChI is InChI=1S/C23H30F2/c1-3-5-7-22(24)20-13-9-18(10-14-20)17-19-11-15-21(16-12-19)23(25)8-6-4-2/h9-16,22-23H,3-8,17H2,1-2H3. The fourth-order valence-corrected chi connectivity index (χ4v) is 3.02. The highest BCUT2D eigenvalue weighted by molar-refractivity contribution is 5.31. The third-order valence-corrected chi connectivity index (χ3v) is 4.71. The van der Waals surface area contributed by atoms with Gasteiger partial charge >= 0.3 is 0 Å². The predicted octanol–water partition coefficient (Wildman–Crippen LogP) is 7.68. The van der Waals surface area contributed by atoms with Crippen molar-refractivity contribution in [3.05, 3.63) is 70.8 Å². The lowest BCUT2D eigenvalue weighted by Crippen LogP contribution is -1.95. The maximum absolute atomic E-state index is 14.1. The number of hydrogen-bond acceptors (Lipinski definition) is 0. The molecule has 25 heavy (non-hydrogen) atoms. The number of hydrogen-bond donors (Lipinski definition) is 0. The Morgan fingerprint density at radius 1 is 0.640 bits per heavy atom. The molecule has 2 aromatic carbocycles. The largest absolute Gasteiger partial charge is 0.242 e. The van der Waals surface area contributed by atoms with Crippen LogP contribution in [0.15, 0.2) is 48.5 Å². The van der Waals surface area contributed by atoms with E-state index in [0.29, 0.717) is 12.8 Å². The van der Waals surface area contributed by atoms with Gasteiger partial charge in [-0.15, -0.1) is 0 Å². The van der Waals surface area contributed by atoms with E-state index in [4.69, 9.17) is 0 Å². The van der Waals surface area contributed by atoms with Crippen molar-refractivity contribution in [1.29, 1.82) is 0 Å². The normalized spacial score (nSPS) is 13.6. The first kappa shape index (κ1) is 19.6. The Bertz CT molecular complexity index is 545. The molecular formula is C23H30F2. The monoisotopic (exact) mass is 344 g/mol. The molecule has 0 aliphatic heterocycles. The molecule has 2 atom stereocenters. The van der Waals surface area contributed by atoms with E-state index in [-0.39, 0.29) is 0 Å². The third kappa shape index (κ3) is 6.26. The van der Waals surface area contributed by atoms with E-state index in [0.717, 1.165) is 54.4 Å². The lowest BCUT2D eigenvalue weighted by atomic mass is 9.98. The highest BCUT2D eigenvalue weighted by atomic mass is 19.1. The van der Waals surface area contributed by atoms with Crippen LogP contribution in [0.2, 0.25) is 0 Å². The second-order valence-electron chi connectivity index (χ2n) is 6.88. The molecule has 0 N–H and O–H groups in total. The van der Waals surface area contributed by atoms with Crippen LogP contribution in [0, 0.1) is 0 Å². The summed E-state index contributed by atoms with van der Waals surface area (Å²) in [7, 11) is 0. The average Bonchev–Trinajstić information content (AvgIpc) is 2.65. The van der Waals surface area contributed by atoms with Crippen molar-refractivity contribution in [1.82, 2.24) is 0 Å². The van der Waals surface area contributed by atoms with Crippen LogP contribution in [-0.4, -0.2) is 0 Å². The van der Waals surface area contributed by atoms with Gasteiger partial charge in [-0.3, -0.25) is 0 Å². The molecular weight excluding hydrogens is 314 g/mol. The number of rotatable bonds is 10. The first-order valence-electron chi connectivity index (χ1n) is 9.59. The minimum absolute atomic E-state index is 0.597. The highest BCUT2D eigenvalue weighted by Gasteiger charge is 2.10. The van der Waals surface area contributed by atoms with Crippen molar-refractivity contribution in [2.45, 2.75) is 71.1 Å². The van der Waals surface area contributed by atoms with Crippen LogP contribution in [0.25, 0.3) is 0 Å². The van der Waals surface area contributed by atoms with Crippen molar-refractivity contribution in [2.24, 2.45) is 0 Å². The molecule has 0 nitrogen and oxygen atoms in total. The smallest absolute Gasteiger partial charge is 0.125 e. The maximum Gasteiger partial charge on any atom is 0.125 e. The first-order chi connectivity index (χ1) is 12.1. The topological polar surface area (TPSA) is 0 Å². The molecule has 2 unspecified atom stereocenters. The van der Waals surface area contributed by atoms with E-state index in [1.54, 1.807) is 0 Å². The molecule has 2 rings (SSSR count). The lowest BCUT2D eigenvalue weighted by molar-refractivity contribution is 0.315. The summed E-state index contributed by atoms with van der Waals surface area (Å²) in [5.74, 6) is 0. The van der Waals surface area contributed by atoms with Crippen LogP contribution in [-0.2, 0) is 6.42 Å². The Morgan fingerprint density at radius 2 is 1.00 bits per heavy atom. The predicted molar refractivity (Wildman–Crippen MR) is 102 cm³/mol. The Labute approximate surface area is 151 Å². The molecule has 0 amide bonds. The molecule has 0 fully saturated rings. The molecule has 0 saturated heterocycles. The van der Waals surface area contributed by atoms with Gasteiger partial charge in [0.05, 0.1) is 0 Å². The van der Waals surface area contributed by atoms with E-state index in [2.05, 4.69) is 13.8 Å². The average molecular weight is 344 g/mol. The van der Waals surface area contributed by atoms with Crippen molar-refractivity contribution in [3.63, 3.8) is 0 Å². The number of benzene rings is 2. The van der Waals surface area contributed by atoms with E-state index >= 15 is 0 Å². The van der Waals surface area contributed by atoms with Gasteiger partial charge in [-0.25, -0.2) is 8.78 Å². The summed E-state index contributed by atoms with van der Waals surface area (Å²) in [5.41, 5.74) is 3.84. The number of halogens is 2. The van der Waals surface area contributed by atoms with Gasteiger partial charge in [-0.05, 0) is 41.5 Å². The van der Waals surface area contributed by atoms with Gasteiger partial charge in [0.15, 0.2) is 0 Å². The molecule has 0 radical (unpaired) electrons. The Hall–Kier alpha value is -1.70. The molecule has 0 aliphatic carbocycles. The zero-order valence-electron chi connectivity index (χ0n) is 15.5. The van der Waals surface area contributed by atoms with E-state index < -0.39 is 12.3 Å². The fraction of sp³-hybridized carbons (Fsp3) is 0.478. The van der Waals surface area contributed by atoms with Crippen molar-refractivity contribution >= 4 is 0 Å². The van der Waals surface area contributed by atoms with Crippen molar-refractivity contribution in [3.8, 4) is 0 Å². The molecule has 0 aromatic heterocycles. The summed E-state index contributed by atoms with van der Waals surface area (Å²) in [6.45, 7) is 4.16. The minimum atomic E-state index is -0.863. The Balaban J connectivity index is 1.93. The molecule has 0 aliphatic rings. The SMILES string of the molecule is CCCCC(F)c1ccc(Cc2ccc(C(F)CCCC)cc2)cc1. The zero-order chi connectivity index (χ0) is 18.1. The molecule has 0 saturated carbocycles. The van der Waals surface area contributed by atoms with Crippen molar-refractivity contribution < 1.29 is 8.78 Å². The van der Waals surface area contributed by atoms with Gasteiger partial charge < -0.3 is 0 Å². The minimum Gasteiger partial charge on any atom is -0.242 e. The van der Waals surface area contributed by atoms with Crippen molar-refractivity contribution in [2.75, 3.05) is 0 Å². The lowest BCUT2D eigenvalue weighted by Gasteiger charge is -2.10. The van der Waals surface area contributed by atoms with Crippen LogP contribution >= 0.6 is 0 Å². The van der Waals surface area contributed by atoms with Gasteiger partial charge in [0, 0.05) is 0 Å². The summed E-state index contributed by atoms with van der Waals surface area (Å²) in [4.78, 5) is 0.